The van der Waals surface area contributed by atoms with Gasteiger partial charge in [-0.1, -0.05) is 51.8 Å². The highest BCUT2D eigenvalue weighted by Crippen LogP contribution is 2.12. The van der Waals surface area contributed by atoms with Crippen LogP contribution in [-0.4, -0.2) is 5.91 Å². The zero-order valence-corrected chi connectivity index (χ0v) is 13.3. The minimum Gasteiger partial charge on any atom is -0.352 e. The number of hydrogen-bond donors (Lipinski definition) is 1. The molecule has 0 unspecified atom stereocenters. The molecule has 0 fully saturated rings. The second-order valence-corrected chi connectivity index (χ2v) is 5.93. The molecule has 104 valence electrons. The Morgan fingerprint density at radius 2 is 1.80 bits per heavy atom. The molecule has 0 aliphatic rings. The predicted molar refractivity (Wildman–Crippen MR) is 85.6 cm³/mol. The number of rotatable bonds is 4. The van der Waals surface area contributed by atoms with E-state index in [0.717, 1.165) is 21.2 Å². The highest BCUT2D eigenvalue weighted by atomic mass is 79.9. The Hall–Kier alpha value is -1.61. The summed E-state index contributed by atoms with van der Waals surface area (Å²) in [5.41, 5.74) is 4.54. The first kappa shape index (κ1) is 14.8. The van der Waals surface area contributed by atoms with Crippen LogP contribution in [0.3, 0.4) is 0 Å². The summed E-state index contributed by atoms with van der Waals surface area (Å²) < 4.78 is 1.04. The van der Waals surface area contributed by atoms with Gasteiger partial charge in [-0.05, 0) is 42.7 Å². The fourth-order valence-corrected chi connectivity index (χ4v) is 2.29. The van der Waals surface area contributed by atoms with Gasteiger partial charge in [-0.3, -0.25) is 4.79 Å². The van der Waals surface area contributed by atoms with Crippen LogP contribution in [0, 0.1) is 13.8 Å². The monoisotopic (exact) mass is 331 g/mol. The molecule has 3 heteroatoms. The van der Waals surface area contributed by atoms with Crippen LogP contribution in [0.25, 0.3) is 0 Å². The molecule has 0 atom stereocenters. The summed E-state index contributed by atoms with van der Waals surface area (Å²) in [6, 6.07) is 14.2. The van der Waals surface area contributed by atoms with E-state index in [2.05, 4.69) is 39.4 Å². The highest BCUT2D eigenvalue weighted by Gasteiger charge is 2.06. The van der Waals surface area contributed by atoms with E-state index < -0.39 is 0 Å². The summed E-state index contributed by atoms with van der Waals surface area (Å²) in [5, 5.41) is 2.96. The first-order valence-electron chi connectivity index (χ1n) is 6.62. The zero-order chi connectivity index (χ0) is 14.5. The summed E-state index contributed by atoms with van der Waals surface area (Å²) in [6.45, 7) is 4.65. The summed E-state index contributed by atoms with van der Waals surface area (Å²) in [7, 11) is 0. The molecule has 0 saturated carbocycles. The Morgan fingerprint density at radius 1 is 1.10 bits per heavy atom. The lowest BCUT2D eigenvalue weighted by atomic mass is 10.0. The molecule has 0 aliphatic carbocycles. The van der Waals surface area contributed by atoms with Gasteiger partial charge in [-0.25, -0.2) is 0 Å². The van der Waals surface area contributed by atoms with Gasteiger partial charge in [-0.2, -0.15) is 0 Å². The van der Waals surface area contributed by atoms with Crippen molar-refractivity contribution in [2.75, 3.05) is 0 Å². The van der Waals surface area contributed by atoms with E-state index in [0.29, 0.717) is 13.0 Å². The van der Waals surface area contributed by atoms with E-state index in [9.17, 15) is 4.79 Å². The number of aryl methyl sites for hydroxylation is 2. The molecule has 2 rings (SSSR count). The van der Waals surface area contributed by atoms with Crippen molar-refractivity contribution in [2.24, 2.45) is 0 Å². The largest absolute Gasteiger partial charge is 0.352 e. The molecule has 0 aliphatic heterocycles. The van der Waals surface area contributed by atoms with Gasteiger partial charge in [-0.15, -0.1) is 0 Å². The molecular weight excluding hydrogens is 314 g/mol. The van der Waals surface area contributed by atoms with E-state index >= 15 is 0 Å². The average Bonchev–Trinajstić information content (AvgIpc) is 2.42. The van der Waals surface area contributed by atoms with E-state index in [1.807, 2.05) is 38.1 Å². The summed E-state index contributed by atoms with van der Waals surface area (Å²) in [4.78, 5) is 12.0. The number of hydrogen-bond acceptors (Lipinski definition) is 1. The van der Waals surface area contributed by atoms with Crippen molar-refractivity contribution in [3.63, 3.8) is 0 Å². The third-order valence-corrected chi connectivity index (χ3v) is 3.79. The van der Waals surface area contributed by atoms with Gasteiger partial charge < -0.3 is 5.32 Å². The smallest absolute Gasteiger partial charge is 0.224 e. The molecule has 20 heavy (non-hydrogen) atoms. The molecule has 0 radical (unpaired) electrons. The summed E-state index contributed by atoms with van der Waals surface area (Å²) >= 11 is 3.40. The van der Waals surface area contributed by atoms with Crippen molar-refractivity contribution in [3.8, 4) is 0 Å². The van der Waals surface area contributed by atoms with E-state index in [4.69, 9.17) is 0 Å². The van der Waals surface area contributed by atoms with Gasteiger partial charge in [0.05, 0.1) is 6.42 Å². The standard InChI is InChI=1S/C17H18BrNO/c1-12-3-4-13(2)15(9-12)10-17(20)19-11-14-5-7-16(18)8-6-14/h3-9H,10-11H2,1-2H3,(H,19,20). The molecule has 2 nitrogen and oxygen atoms in total. The van der Waals surface area contributed by atoms with Crippen molar-refractivity contribution in [2.45, 2.75) is 26.8 Å². The third kappa shape index (κ3) is 4.20. The van der Waals surface area contributed by atoms with Crippen molar-refractivity contribution >= 4 is 21.8 Å². The molecule has 0 aromatic heterocycles. The van der Waals surface area contributed by atoms with Crippen LogP contribution in [0.1, 0.15) is 22.3 Å². The molecular formula is C17H18BrNO. The molecule has 0 spiro atoms. The van der Waals surface area contributed by atoms with Crippen LogP contribution in [0.2, 0.25) is 0 Å². The van der Waals surface area contributed by atoms with Crippen LogP contribution in [-0.2, 0) is 17.8 Å². The topological polar surface area (TPSA) is 29.1 Å². The molecule has 1 amide bonds. The number of amides is 1. The third-order valence-electron chi connectivity index (χ3n) is 3.26. The maximum atomic E-state index is 12.0. The Morgan fingerprint density at radius 3 is 2.50 bits per heavy atom. The van der Waals surface area contributed by atoms with Crippen LogP contribution in [0.5, 0.6) is 0 Å². The van der Waals surface area contributed by atoms with Crippen molar-refractivity contribution in [3.05, 3.63) is 69.2 Å². The number of carbonyl (C=O) groups excluding carboxylic acids is 1. The lowest BCUT2D eigenvalue weighted by molar-refractivity contribution is -0.120. The van der Waals surface area contributed by atoms with Gasteiger partial charge in [0.25, 0.3) is 0 Å². The highest BCUT2D eigenvalue weighted by molar-refractivity contribution is 9.10. The zero-order valence-electron chi connectivity index (χ0n) is 11.7. The van der Waals surface area contributed by atoms with Crippen LogP contribution in [0.15, 0.2) is 46.9 Å². The second kappa shape index (κ2) is 6.71. The Labute approximate surface area is 128 Å². The van der Waals surface area contributed by atoms with Crippen LogP contribution < -0.4 is 5.32 Å². The minimum absolute atomic E-state index is 0.0571. The van der Waals surface area contributed by atoms with Gasteiger partial charge in [0.15, 0.2) is 0 Å². The van der Waals surface area contributed by atoms with Crippen molar-refractivity contribution in [1.82, 2.24) is 5.32 Å². The second-order valence-electron chi connectivity index (χ2n) is 5.01. The first-order chi connectivity index (χ1) is 9.54. The van der Waals surface area contributed by atoms with E-state index in [1.54, 1.807) is 0 Å². The first-order valence-corrected chi connectivity index (χ1v) is 7.41. The van der Waals surface area contributed by atoms with Crippen LogP contribution in [0.4, 0.5) is 0 Å². The predicted octanol–water partition coefficient (Wildman–Crippen LogP) is 3.92. The molecule has 2 aromatic carbocycles. The van der Waals surface area contributed by atoms with E-state index in [1.165, 1.54) is 5.56 Å². The molecule has 0 heterocycles. The molecule has 0 saturated heterocycles. The maximum absolute atomic E-state index is 12.0. The van der Waals surface area contributed by atoms with Crippen LogP contribution >= 0.6 is 15.9 Å². The number of nitrogens with one attached hydrogen (secondary N) is 1. The fourth-order valence-electron chi connectivity index (χ4n) is 2.03. The van der Waals surface area contributed by atoms with Gasteiger partial charge in [0.2, 0.25) is 5.91 Å². The Balaban J connectivity index is 1.92. The quantitative estimate of drug-likeness (QED) is 0.903. The molecule has 1 N–H and O–H groups in total. The fraction of sp³-hybridized carbons (Fsp3) is 0.235. The number of carbonyl (C=O) groups is 1. The SMILES string of the molecule is Cc1ccc(C)c(CC(=O)NCc2ccc(Br)cc2)c1. The van der Waals surface area contributed by atoms with Gasteiger partial charge in [0.1, 0.15) is 0 Å². The maximum Gasteiger partial charge on any atom is 0.224 e. The summed E-state index contributed by atoms with van der Waals surface area (Å²) in [5.74, 6) is 0.0571. The molecule has 0 bridgehead atoms. The lowest BCUT2D eigenvalue weighted by Crippen LogP contribution is -2.24. The normalized spacial score (nSPS) is 10.3. The van der Waals surface area contributed by atoms with Crippen molar-refractivity contribution in [1.29, 1.82) is 0 Å². The Bertz CT molecular complexity index is 605. The number of halogens is 1. The lowest BCUT2D eigenvalue weighted by Gasteiger charge is -2.08. The van der Waals surface area contributed by atoms with Crippen molar-refractivity contribution < 1.29 is 4.79 Å². The average molecular weight is 332 g/mol. The van der Waals surface area contributed by atoms with Gasteiger partial charge in [0, 0.05) is 11.0 Å². The molecule has 2 aromatic rings. The summed E-state index contributed by atoms with van der Waals surface area (Å²) in [6.07, 6.45) is 0.435. The Kier molecular flexibility index (Phi) is 4.96. The minimum atomic E-state index is 0.0571. The van der Waals surface area contributed by atoms with Gasteiger partial charge >= 0.3 is 0 Å². The number of benzene rings is 2. The van der Waals surface area contributed by atoms with E-state index in [-0.39, 0.29) is 5.91 Å².